The molecule has 7 heteroatoms. The molecule has 0 spiro atoms. The smallest absolute Gasteiger partial charge is 0.263 e. The summed E-state index contributed by atoms with van der Waals surface area (Å²) in [7, 11) is -3.86. The van der Waals surface area contributed by atoms with Crippen molar-refractivity contribution in [2.24, 2.45) is 0 Å². The van der Waals surface area contributed by atoms with Crippen molar-refractivity contribution < 1.29 is 8.42 Å². The standard InChI is InChI=1S/C25H20N4O2S/c26-20-11-13-21(14-12-20)32(30,31)29-25-24(27-22-7-3-4-8-23(22)28-25)16-17-9-10-18-5-1-2-6-19(18)15-17/h1-15H,16,26H2,(H,28,29). The highest BCUT2D eigenvalue weighted by Crippen LogP contribution is 2.25. The second-order valence-corrected chi connectivity index (χ2v) is 9.22. The van der Waals surface area contributed by atoms with E-state index in [0.717, 1.165) is 16.3 Å². The lowest BCUT2D eigenvalue weighted by Gasteiger charge is -2.13. The van der Waals surface area contributed by atoms with Gasteiger partial charge in [-0.2, -0.15) is 0 Å². The Hall–Kier alpha value is -3.97. The monoisotopic (exact) mass is 440 g/mol. The number of benzene rings is 4. The van der Waals surface area contributed by atoms with Gasteiger partial charge < -0.3 is 5.73 Å². The minimum Gasteiger partial charge on any atom is -0.399 e. The molecular formula is C25H20N4O2S. The summed E-state index contributed by atoms with van der Waals surface area (Å²) in [6.45, 7) is 0. The Bertz CT molecular complexity index is 1550. The van der Waals surface area contributed by atoms with Crippen molar-refractivity contribution in [3.8, 4) is 0 Å². The molecule has 0 fully saturated rings. The maximum absolute atomic E-state index is 13.0. The Kier molecular flexibility index (Phi) is 4.95. The summed E-state index contributed by atoms with van der Waals surface area (Å²) in [5, 5.41) is 2.26. The zero-order chi connectivity index (χ0) is 22.1. The van der Waals surface area contributed by atoms with Gasteiger partial charge in [0.25, 0.3) is 10.0 Å². The van der Waals surface area contributed by atoms with E-state index in [1.165, 1.54) is 12.1 Å². The van der Waals surface area contributed by atoms with Gasteiger partial charge in [0.15, 0.2) is 5.82 Å². The van der Waals surface area contributed by atoms with Crippen LogP contribution in [0.5, 0.6) is 0 Å². The van der Waals surface area contributed by atoms with Crippen LogP contribution >= 0.6 is 0 Å². The molecule has 5 aromatic rings. The van der Waals surface area contributed by atoms with Crippen LogP contribution in [0.1, 0.15) is 11.3 Å². The van der Waals surface area contributed by atoms with Gasteiger partial charge in [0.1, 0.15) is 0 Å². The molecule has 0 amide bonds. The van der Waals surface area contributed by atoms with Gasteiger partial charge in [0.05, 0.1) is 21.6 Å². The topological polar surface area (TPSA) is 98.0 Å². The van der Waals surface area contributed by atoms with Crippen molar-refractivity contribution in [3.05, 3.63) is 102 Å². The van der Waals surface area contributed by atoms with Gasteiger partial charge in [-0.05, 0) is 52.7 Å². The molecule has 0 unspecified atom stereocenters. The number of para-hydroxylation sites is 2. The molecule has 3 N–H and O–H groups in total. The summed E-state index contributed by atoms with van der Waals surface area (Å²) in [5.41, 5.74) is 9.08. The minimum absolute atomic E-state index is 0.110. The average Bonchev–Trinajstić information content (AvgIpc) is 2.79. The van der Waals surface area contributed by atoms with E-state index in [9.17, 15) is 8.42 Å². The highest BCUT2D eigenvalue weighted by molar-refractivity contribution is 7.92. The molecule has 4 aromatic carbocycles. The zero-order valence-corrected chi connectivity index (χ0v) is 17.9. The molecular weight excluding hydrogens is 420 g/mol. The van der Waals surface area contributed by atoms with Gasteiger partial charge in [-0.25, -0.2) is 18.4 Å². The van der Waals surface area contributed by atoms with E-state index >= 15 is 0 Å². The summed E-state index contributed by atoms with van der Waals surface area (Å²) in [4.78, 5) is 9.43. The van der Waals surface area contributed by atoms with Crippen molar-refractivity contribution in [3.63, 3.8) is 0 Å². The molecule has 0 saturated carbocycles. The number of rotatable bonds is 5. The highest BCUT2D eigenvalue weighted by atomic mass is 32.2. The van der Waals surface area contributed by atoms with Crippen molar-refractivity contribution in [1.29, 1.82) is 0 Å². The van der Waals surface area contributed by atoms with Crippen LogP contribution in [-0.4, -0.2) is 18.4 Å². The molecule has 158 valence electrons. The SMILES string of the molecule is Nc1ccc(S(=O)(=O)Nc2nc3ccccc3nc2Cc2ccc3ccccc3c2)cc1. The third-order valence-corrected chi connectivity index (χ3v) is 6.60. The number of aromatic nitrogens is 2. The molecule has 0 radical (unpaired) electrons. The lowest BCUT2D eigenvalue weighted by molar-refractivity contribution is 0.601. The first kappa shape index (κ1) is 20.0. The quantitative estimate of drug-likeness (QED) is 0.384. The summed E-state index contributed by atoms with van der Waals surface area (Å²) in [5.74, 6) is 0.216. The van der Waals surface area contributed by atoms with Crippen molar-refractivity contribution in [2.45, 2.75) is 11.3 Å². The van der Waals surface area contributed by atoms with E-state index in [-0.39, 0.29) is 10.7 Å². The largest absolute Gasteiger partial charge is 0.399 e. The molecule has 6 nitrogen and oxygen atoms in total. The predicted octanol–water partition coefficient (Wildman–Crippen LogP) is 4.76. The number of nitrogens with zero attached hydrogens (tertiary/aromatic N) is 2. The summed E-state index contributed by atoms with van der Waals surface area (Å²) >= 11 is 0. The summed E-state index contributed by atoms with van der Waals surface area (Å²) in [6.07, 6.45) is 0.433. The van der Waals surface area contributed by atoms with Crippen LogP contribution in [-0.2, 0) is 16.4 Å². The van der Waals surface area contributed by atoms with Gasteiger partial charge in [-0.1, -0.05) is 54.6 Å². The molecule has 0 aliphatic rings. The number of nitrogens with two attached hydrogens (primary N) is 1. The molecule has 0 bridgehead atoms. The van der Waals surface area contributed by atoms with Gasteiger partial charge in [-0.3, -0.25) is 4.72 Å². The molecule has 1 aromatic heterocycles. The van der Waals surface area contributed by atoms with Crippen LogP contribution in [0.4, 0.5) is 11.5 Å². The summed E-state index contributed by atoms with van der Waals surface area (Å²) < 4.78 is 28.6. The molecule has 0 aliphatic heterocycles. The number of nitrogens with one attached hydrogen (secondary N) is 1. The maximum Gasteiger partial charge on any atom is 0.263 e. The highest BCUT2D eigenvalue weighted by Gasteiger charge is 2.19. The Morgan fingerprint density at radius 1 is 0.750 bits per heavy atom. The molecule has 0 aliphatic carbocycles. The molecule has 1 heterocycles. The zero-order valence-electron chi connectivity index (χ0n) is 17.1. The molecule has 32 heavy (non-hydrogen) atoms. The van der Waals surface area contributed by atoms with E-state index in [1.807, 2.05) is 42.5 Å². The van der Waals surface area contributed by atoms with E-state index in [2.05, 4.69) is 34.0 Å². The fourth-order valence-electron chi connectivity index (χ4n) is 3.62. The first-order chi connectivity index (χ1) is 15.5. The second kappa shape index (κ2) is 7.94. The third-order valence-electron chi connectivity index (χ3n) is 5.25. The van der Waals surface area contributed by atoms with Gasteiger partial charge >= 0.3 is 0 Å². The Labute approximate surface area is 185 Å². The lowest BCUT2D eigenvalue weighted by Crippen LogP contribution is -2.16. The lowest BCUT2D eigenvalue weighted by atomic mass is 10.0. The maximum atomic E-state index is 13.0. The van der Waals surface area contributed by atoms with Crippen LogP contribution in [0, 0.1) is 0 Å². The Morgan fingerprint density at radius 3 is 2.16 bits per heavy atom. The van der Waals surface area contributed by atoms with E-state index in [1.54, 1.807) is 12.1 Å². The third kappa shape index (κ3) is 3.98. The first-order valence-corrected chi connectivity index (χ1v) is 11.6. The molecule has 0 atom stereocenters. The van der Waals surface area contributed by atoms with E-state index in [4.69, 9.17) is 10.7 Å². The fraction of sp³-hybridized carbons (Fsp3) is 0.0400. The van der Waals surface area contributed by atoms with Gasteiger partial charge in [0, 0.05) is 12.1 Å². The van der Waals surface area contributed by atoms with Crippen molar-refractivity contribution in [2.75, 3.05) is 10.5 Å². The number of hydrogen-bond donors (Lipinski definition) is 2. The number of nitrogen functional groups attached to an aromatic ring is 1. The average molecular weight is 441 g/mol. The second-order valence-electron chi connectivity index (χ2n) is 7.54. The van der Waals surface area contributed by atoms with Crippen LogP contribution < -0.4 is 10.5 Å². The minimum atomic E-state index is -3.86. The predicted molar refractivity (Wildman–Crippen MR) is 128 cm³/mol. The number of hydrogen-bond acceptors (Lipinski definition) is 5. The van der Waals surface area contributed by atoms with Crippen LogP contribution in [0.2, 0.25) is 0 Å². The van der Waals surface area contributed by atoms with Crippen LogP contribution in [0.3, 0.4) is 0 Å². The Balaban J connectivity index is 1.57. The Morgan fingerprint density at radius 2 is 1.41 bits per heavy atom. The summed E-state index contributed by atoms with van der Waals surface area (Å²) in [6, 6.07) is 27.7. The number of anilines is 2. The van der Waals surface area contributed by atoms with E-state index in [0.29, 0.717) is 28.8 Å². The van der Waals surface area contributed by atoms with E-state index < -0.39 is 10.0 Å². The van der Waals surface area contributed by atoms with Gasteiger partial charge in [-0.15, -0.1) is 0 Å². The number of fused-ring (bicyclic) bond motifs is 2. The fourth-order valence-corrected chi connectivity index (χ4v) is 4.65. The van der Waals surface area contributed by atoms with Gasteiger partial charge in [0.2, 0.25) is 0 Å². The molecule has 0 saturated heterocycles. The van der Waals surface area contributed by atoms with Crippen LogP contribution in [0.25, 0.3) is 21.8 Å². The van der Waals surface area contributed by atoms with Crippen molar-refractivity contribution >= 4 is 43.3 Å². The number of sulfonamides is 1. The normalized spacial score (nSPS) is 11.6. The van der Waals surface area contributed by atoms with Crippen molar-refractivity contribution in [1.82, 2.24) is 9.97 Å². The first-order valence-electron chi connectivity index (χ1n) is 10.1. The van der Waals surface area contributed by atoms with Crippen LogP contribution in [0.15, 0.2) is 95.9 Å². The molecule has 5 rings (SSSR count).